The molecule has 1 heterocycles. The smallest absolute Gasteiger partial charge is 0.247 e. The lowest BCUT2D eigenvalue weighted by atomic mass is 10.2. The van der Waals surface area contributed by atoms with E-state index >= 15 is 0 Å². The Morgan fingerprint density at radius 1 is 0.962 bits per heavy atom. The molecule has 2 rings (SSSR count). The molecule has 0 radical (unpaired) electrons. The number of nitrogens with zero attached hydrogens (tertiary/aromatic N) is 3. The lowest BCUT2D eigenvalue weighted by molar-refractivity contribution is 0.488. The number of hydrogen-bond donors (Lipinski definition) is 0. The molecular weight excluding hydrogens is 422 g/mol. The molecule has 2 aromatic rings. The van der Waals surface area contributed by atoms with Gasteiger partial charge in [-0.25, -0.2) is 28.1 Å². The average molecular weight is 441 g/mol. The van der Waals surface area contributed by atoms with Crippen LogP contribution in [0, 0.1) is 0 Å². The van der Waals surface area contributed by atoms with Gasteiger partial charge in [-0.15, -0.1) is 0 Å². The van der Waals surface area contributed by atoms with Crippen LogP contribution in [-0.4, -0.2) is 13.7 Å². The molecule has 0 aliphatic heterocycles. The van der Waals surface area contributed by atoms with E-state index < -0.39 is 17.1 Å². The topological polar surface area (TPSA) is 66.0 Å². The van der Waals surface area contributed by atoms with E-state index in [0.717, 1.165) is 13.7 Å². The van der Waals surface area contributed by atoms with Gasteiger partial charge >= 0.3 is 17.1 Å². The molecule has 26 heavy (non-hydrogen) atoms. The van der Waals surface area contributed by atoms with Crippen molar-refractivity contribution in [2.75, 3.05) is 0 Å². The zero-order chi connectivity index (χ0) is 19.6. The summed E-state index contributed by atoms with van der Waals surface area (Å²) in [5, 5.41) is 0.528. The summed E-state index contributed by atoms with van der Waals surface area (Å²) in [6, 6.07) is 5.07. The van der Waals surface area contributed by atoms with Crippen LogP contribution in [0.1, 0.15) is 19.4 Å². The lowest BCUT2D eigenvalue weighted by Crippen LogP contribution is -2.54. The van der Waals surface area contributed by atoms with Gasteiger partial charge in [0.1, 0.15) is 0 Å². The zero-order valence-corrected chi connectivity index (χ0v) is 16.9. The average Bonchev–Trinajstić information content (AvgIpc) is 2.53. The minimum Gasteiger partial charge on any atom is -0.247 e. The first-order valence-electron chi connectivity index (χ1n) is 7.79. The second-order valence-corrected chi connectivity index (χ2v) is 7.55. The molecule has 0 N–H and O–H groups in total. The van der Waals surface area contributed by atoms with Crippen molar-refractivity contribution in [3.8, 4) is 0 Å². The molecule has 6 nitrogen and oxygen atoms in total. The maximum Gasteiger partial charge on any atom is 0.336 e. The molecule has 0 spiro atoms. The maximum atomic E-state index is 12.8. The van der Waals surface area contributed by atoms with E-state index in [0.29, 0.717) is 26.2 Å². The fourth-order valence-corrected chi connectivity index (χ4v) is 3.26. The second-order valence-electron chi connectivity index (χ2n) is 6.26. The predicted octanol–water partition coefficient (Wildman–Crippen LogP) is 2.79. The molecule has 0 atom stereocenters. The minimum absolute atomic E-state index is 0.00206. The van der Waals surface area contributed by atoms with Crippen molar-refractivity contribution < 1.29 is 0 Å². The predicted molar refractivity (Wildman–Crippen MR) is 107 cm³/mol. The highest BCUT2D eigenvalue weighted by molar-refractivity contribution is 9.10. The molecule has 0 amide bonds. The lowest BCUT2D eigenvalue weighted by Gasteiger charge is -2.14. The van der Waals surface area contributed by atoms with E-state index in [1.165, 1.54) is 0 Å². The SMILES string of the molecule is C=C(C)Cn1c(=O)n(CC(=C)C)c(=O)n(Cc2ccc(Cl)cc2Br)c1=O. The Labute approximate surface area is 163 Å². The van der Waals surface area contributed by atoms with Crippen LogP contribution < -0.4 is 17.1 Å². The summed E-state index contributed by atoms with van der Waals surface area (Å²) in [6.07, 6.45) is 0. The van der Waals surface area contributed by atoms with E-state index in [-0.39, 0.29) is 19.6 Å². The largest absolute Gasteiger partial charge is 0.336 e. The Morgan fingerprint density at radius 2 is 1.42 bits per heavy atom. The Balaban J connectivity index is 2.73. The first-order valence-corrected chi connectivity index (χ1v) is 8.96. The summed E-state index contributed by atoms with van der Waals surface area (Å²) in [7, 11) is 0. The van der Waals surface area contributed by atoms with Crippen molar-refractivity contribution in [1.82, 2.24) is 13.7 Å². The molecular formula is C18H19BrClN3O3. The van der Waals surface area contributed by atoms with Crippen molar-refractivity contribution >= 4 is 27.5 Å². The second kappa shape index (κ2) is 8.05. The van der Waals surface area contributed by atoms with E-state index in [1.54, 1.807) is 32.0 Å². The number of allylic oxidation sites excluding steroid dienone is 2. The molecule has 0 saturated carbocycles. The molecule has 0 fully saturated rings. The van der Waals surface area contributed by atoms with Crippen LogP contribution >= 0.6 is 27.5 Å². The summed E-state index contributed by atoms with van der Waals surface area (Å²) < 4.78 is 3.72. The number of aromatic nitrogens is 3. The molecule has 138 valence electrons. The third-order valence-corrected chi connectivity index (χ3v) is 4.56. The van der Waals surface area contributed by atoms with Crippen molar-refractivity contribution in [2.24, 2.45) is 0 Å². The fraction of sp³-hybridized carbons (Fsp3) is 0.278. The first-order chi connectivity index (χ1) is 12.1. The Kier molecular flexibility index (Phi) is 6.26. The van der Waals surface area contributed by atoms with Gasteiger partial charge in [0.05, 0.1) is 19.6 Å². The van der Waals surface area contributed by atoms with Gasteiger partial charge in [0.25, 0.3) is 0 Å². The van der Waals surface area contributed by atoms with Gasteiger partial charge in [-0.3, -0.25) is 0 Å². The van der Waals surface area contributed by atoms with Gasteiger partial charge in [0, 0.05) is 9.50 Å². The van der Waals surface area contributed by atoms with Gasteiger partial charge in [-0.1, -0.05) is 57.9 Å². The minimum atomic E-state index is -0.678. The summed E-state index contributed by atoms with van der Waals surface area (Å²) >= 11 is 9.32. The van der Waals surface area contributed by atoms with E-state index in [9.17, 15) is 14.4 Å². The number of benzene rings is 1. The summed E-state index contributed by atoms with van der Waals surface area (Å²) in [5.74, 6) is 0. The van der Waals surface area contributed by atoms with Gasteiger partial charge < -0.3 is 0 Å². The van der Waals surface area contributed by atoms with E-state index in [1.807, 2.05) is 0 Å². The number of hydrogen-bond acceptors (Lipinski definition) is 3. The Bertz CT molecular complexity index is 1010. The number of halogens is 2. The summed E-state index contributed by atoms with van der Waals surface area (Å²) in [6.45, 7) is 11.0. The standard InChI is InChI=1S/C18H19BrClN3O3/c1-11(2)8-21-16(24)22(9-12(3)4)18(26)23(17(21)25)10-13-5-6-14(20)7-15(13)19/h5-7H,1,3,8-10H2,2,4H3. The molecule has 0 unspecified atom stereocenters. The quantitative estimate of drug-likeness (QED) is 0.649. The van der Waals surface area contributed by atoms with Gasteiger partial charge in [-0.05, 0) is 31.5 Å². The third kappa shape index (κ3) is 4.34. The van der Waals surface area contributed by atoms with E-state index in [4.69, 9.17) is 11.6 Å². The molecule has 1 aromatic heterocycles. The molecule has 1 aromatic carbocycles. The van der Waals surface area contributed by atoms with Crippen LogP contribution in [0.25, 0.3) is 0 Å². The monoisotopic (exact) mass is 439 g/mol. The molecule has 0 bridgehead atoms. The summed E-state index contributed by atoms with van der Waals surface area (Å²) in [5.41, 5.74) is -0.0769. The molecule has 8 heteroatoms. The summed E-state index contributed by atoms with van der Waals surface area (Å²) in [4.78, 5) is 38.2. The van der Waals surface area contributed by atoms with Crippen LogP contribution in [0.15, 0.2) is 61.4 Å². The Morgan fingerprint density at radius 3 is 1.85 bits per heavy atom. The highest BCUT2D eigenvalue weighted by Crippen LogP contribution is 2.21. The van der Waals surface area contributed by atoms with Gasteiger partial charge in [0.15, 0.2) is 0 Å². The third-order valence-electron chi connectivity index (χ3n) is 3.59. The van der Waals surface area contributed by atoms with Gasteiger partial charge in [-0.2, -0.15) is 0 Å². The highest BCUT2D eigenvalue weighted by Gasteiger charge is 2.16. The van der Waals surface area contributed by atoms with Crippen molar-refractivity contribution in [1.29, 1.82) is 0 Å². The normalized spacial score (nSPS) is 10.8. The van der Waals surface area contributed by atoms with Crippen molar-refractivity contribution in [2.45, 2.75) is 33.5 Å². The molecule has 0 aliphatic carbocycles. The highest BCUT2D eigenvalue weighted by atomic mass is 79.9. The van der Waals surface area contributed by atoms with Crippen LogP contribution in [0.5, 0.6) is 0 Å². The maximum absolute atomic E-state index is 12.8. The molecule has 0 aliphatic rings. The van der Waals surface area contributed by atoms with E-state index in [2.05, 4.69) is 29.1 Å². The Hall–Kier alpha value is -2.12. The van der Waals surface area contributed by atoms with Crippen molar-refractivity contribution in [3.63, 3.8) is 0 Å². The first kappa shape index (κ1) is 20.2. The van der Waals surface area contributed by atoms with Crippen LogP contribution in [0.4, 0.5) is 0 Å². The zero-order valence-electron chi connectivity index (χ0n) is 14.6. The van der Waals surface area contributed by atoms with Crippen molar-refractivity contribution in [3.05, 3.63) is 89.0 Å². The number of rotatable bonds is 6. The van der Waals surface area contributed by atoms with Crippen LogP contribution in [0.2, 0.25) is 5.02 Å². The fourth-order valence-electron chi connectivity index (χ4n) is 2.45. The molecule has 0 saturated heterocycles. The van der Waals surface area contributed by atoms with Gasteiger partial charge in [0.2, 0.25) is 0 Å². The van der Waals surface area contributed by atoms with Crippen LogP contribution in [-0.2, 0) is 19.6 Å². The van der Waals surface area contributed by atoms with Crippen LogP contribution in [0.3, 0.4) is 0 Å².